The maximum atomic E-state index is 13.7. The van der Waals surface area contributed by atoms with Crippen LogP contribution in [0.1, 0.15) is 35.8 Å². The van der Waals surface area contributed by atoms with Crippen LogP contribution in [0.4, 0.5) is 0 Å². The molecular weight excluding hydrogens is 416 g/mol. The number of nitrogens with two attached hydrogens (primary N) is 1. The molecule has 0 aromatic heterocycles. The minimum atomic E-state index is -0.605. The summed E-state index contributed by atoms with van der Waals surface area (Å²) in [5.41, 5.74) is 10.2. The summed E-state index contributed by atoms with van der Waals surface area (Å²) in [6, 6.07) is 17.7. The van der Waals surface area contributed by atoms with E-state index in [1.807, 2.05) is 49.4 Å². The van der Waals surface area contributed by atoms with Crippen molar-refractivity contribution in [2.24, 2.45) is 5.73 Å². The van der Waals surface area contributed by atoms with Gasteiger partial charge in [0.2, 0.25) is 0 Å². The number of allylic oxidation sites excluding steroid dienone is 3. The van der Waals surface area contributed by atoms with Crippen molar-refractivity contribution in [3.05, 3.63) is 82.3 Å². The molecule has 33 heavy (non-hydrogen) atoms. The van der Waals surface area contributed by atoms with Crippen LogP contribution in [0.3, 0.4) is 0 Å². The number of ketones is 1. The number of carbonyl (C=O) groups is 1. The number of nitrogens with zero attached hydrogens (tertiary/aromatic N) is 3. The second-order valence-corrected chi connectivity index (χ2v) is 8.41. The van der Waals surface area contributed by atoms with Crippen molar-refractivity contribution in [2.75, 3.05) is 28.3 Å². The number of hydrogen-bond donors (Lipinski definition) is 1. The first-order chi connectivity index (χ1) is 15.9. The van der Waals surface area contributed by atoms with Crippen LogP contribution in [0, 0.1) is 11.3 Å². The molecule has 0 saturated heterocycles. The summed E-state index contributed by atoms with van der Waals surface area (Å²) in [5.74, 6) is 0.944. The Morgan fingerprint density at radius 2 is 1.82 bits per heavy atom. The molecule has 7 heteroatoms. The molecule has 2 aliphatic rings. The number of ether oxygens (including phenoxy) is 2. The summed E-state index contributed by atoms with van der Waals surface area (Å²) in [5, 5.41) is 13.8. The number of carbonyl (C=O) groups excluding carboxylic acids is 1. The molecule has 0 saturated carbocycles. The van der Waals surface area contributed by atoms with Crippen molar-refractivity contribution in [3.63, 3.8) is 0 Å². The highest BCUT2D eigenvalue weighted by Crippen LogP contribution is 2.50. The van der Waals surface area contributed by atoms with E-state index in [0.29, 0.717) is 41.3 Å². The van der Waals surface area contributed by atoms with Crippen LogP contribution < -0.4 is 15.2 Å². The fraction of sp³-hybridized carbons (Fsp3) is 0.308. The summed E-state index contributed by atoms with van der Waals surface area (Å²) in [4.78, 5) is 13.7. The van der Waals surface area contributed by atoms with E-state index in [9.17, 15) is 10.1 Å². The lowest BCUT2D eigenvalue weighted by Gasteiger charge is -2.44. The van der Waals surface area contributed by atoms with Crippen molar-refractivity contribution in [1.82, 2.24) is 10.0 Å². The molecule has 2 aromatic rings. The number of hydrogen-bond acceptors (Lipinski definition) is 7. The molecule has 2 N–H and O–H groups in total. The highest BCUT2D eigenvalue weighted by atomic mass is 16.5. The van der Waals surface area contributed by atoms with Crippen LogP contribution in [-0.4, -0.2) is 44.1 Å². The minimum absolute atomic E-state index is 0.0140. The van der Waals surface area contributed by atoms with Gasteiger partial charge in [0.1, 0.15) is 17.3 Å². The minimum Gasteiger partial charge on any atom is -0.497 e. The third kappa shape index (κ3) is 3.83. The van der Waals surface area contributed by atoms with Crippen molar-refractivity contribution >= 4 is 5.78 Å². The molecule has 0 bridgehead atoms. The number of methoxy groups -OCH3 is 2. The van der Waals surface area contributed by atoms with Gasteiger partial charge in [-0.25, -0.2) is 5.01 Å². The maximum absolute atomic E-state index is 13.7. The van der Waals surface area contributed by atoms with Crippen LogP contribution in [-0.2, 0) is 4.79 Å². The van der Waals surface area contributed by atoms with Gasteiger partial charge in [-0.15, -0.1) is 0 Å². The van der Waals surface area contributed by atoms with Crippen LogP contribution >= 0.6 is 0 Å². The molecule has 0 fully saturated rings. The predicted octanol–water partition coefficient (Wildman–Crippen LogP) is 3.67. The van der Waals surface area contributed by atoms with E-state index in [0.717, 1.165) is 16.8 Å². The Morgan fingerprint density at radius 3 is 2.42 bits per heavy atom. The molecular formula is C26H28N4O3. The molecule has 1 heterocycles. The van der Waals surface area contributed by atoms with Crippen molar-refractivity contribution < 1.29 is 14.3 Å². The van der Waals surface area contributed by atoms with E-state index in [2.05, 4.69) is 18.2 Å². The summed E-state index contributed by atoms with van der Waals surface area (Å²) < 4.78 is 11.0. The number of benzene rings is 2. The first-order valence-corrected chi connectivity index (χ1v) is 10.8. The lowest BCUT2D eigenvalue weighted by Crippen LogP contribution is -2.46. The fourth-order valence-corrected chi connectivity index (χ4v) is 4.90. The molecule has 1 aliphatic carbocycles. The van der Waals surface area contributed by atoms with Crippen LogP contribution in [0.25, 0.3) is 0 Å². The summed E-state index contributed by atoms with van der Waals surface area (Å²) in [7, 11) is 6.86. The molecule has 7 nitrogen and oxygen atoms in total. The lowest BCUT2D eigenvalue weighted by atomic mass is 9.72. The third-order valence-electron chi connectivity index (χ3n) is 6.36. The molecule has 2 aromatic carbocycles. The average molecular weight is 445 g/mol. The van der Waals surface area contributed by atoms with Crippen molar-refractivity contribution in [3.8, 4) is 17.6 Å². The van der Waals surface area contributed by atoms with E-state index in [1.165, 1.54) is 0 Å². The molecule has 1 aliphatic heterocycles. The third-order valence-corrected chi connectivity index (χ3v) is 6.36. The zero-order valence-electron chi connectivity index (χ0n) is 19.3. The SMILES string of the molecule is COc1ccc([C@@H]2C(C#N)=C(N)N(N(C)C)C3=C2C(=O)C[C@H](c2ccccc2)C3)c(OC)c1. The zero-order valence-corrected chi connectivity index (χ0v) is 19.3. The Bertz CT molecular complexity index is 1180. The van der Waals surface area contributed by atoms with Gasteiger partial charge in [0.15, 0.2) is 5.78 Å². The van der Waals surface area contributed by atoms with Gasteiger partial charge in [-0.05, 0) is 24.0 Å². The standard InChI is InChI=1S/C26H28N4O3/c1-29(2)30-21-12-17(16-8-6-5-7-9-16)13-22(31)25(21)24(20(15-27)26(30)28)19-11-10-18(32-3)14-23(19)33-4/h5-11,14,17,24H,12-13,28H2,1-4H3/t17-,24-/m1/s1. The average Bonchev–Trinajstić information content (AvgIpc) is 2.83. The van der Waals surface area contributed by atoms with Gasteiger partial charge < -0.3 is 15.2 Å². The largest absolute Gasteiger partial charge is 0.497 e. The van der Waals surface area contributed by atoms with Crippen LogP contribution in [0.15, 0.2) is 71.2 Å². The maximum Gasteiger partial charge on any atom is 0.162 e. The topological polar surface area (TPSA) is 91.8 Å². The molecule has 4 rings (SSSR count). The van der Waals surface area contributed by atoms with Gasteiger partial charge in [-0.3, -0.25) is 9.80 Å². The highest BCUT2D eigenvalue weighted by molar-refractivity contribution is 6.00. The molecule has 0 unspecified atom stereocenters. The quantitative estimate of drug-likeness (QED) is 0.752. The van der Waals surface area contributed by atoms with Gasteiger partial charge in [-0.1, -0.05) is 36.4 Å². The Balaban J connectivity index is 1.92. The van der Waals surface area contributed by atoms with Crippen molar-refractivity contribution in [2.45, 2.75) is 24.7 Å². The molecule has 0 spiro atoms. The predicted molar refractivity (Wildman–Crippen MR) is 125 cm³/mol. The van der Waals surface area contributed by atoms with Crippen LogP contribution in [0.2, 0.25) is 0 Å². The second-order valence-electron chi connectivity index (χ2n) is 8.41. The number of Topliss-reactive ketones (excluding diaryl/α,β-unsaturated/α-hetero) is 1. The van der Waals surface area contributed by atoms with Gasteiger partial charge in [-0.2, -0.15) is 5.26 Å². The first kappa shape index (κ1) is 22.4. The van der Waals surface area contributed by atoms with Gasteiger partial charge in [0.25, 0.3) is 0 Å². The van der Waals surface area contributed by atoms with Gasteiger partial charge in [0.05, 0.1) is 31.8 Å². The summed E-state index contributed by atoms with van der Waals surface area (Å²) in [6.45, 7) is 0. The molecule has 2 atom stereocenters. The molecule has 0 amide bonds. The monoisotopic (exact) mass is 444 g/mol. The van der Waals surface area contributed by atoms with E-state index in [1.54, 1.807) is 25.3 Å². The van der Waals surface area contributed by atoms with E-state index in [-0.39, 0.29) is 11.7 Å². The Hall–Kier alpha value is -3.76. The fourth-order valence-electron chi connectivity index (χ4n) is 4.90. The Morgan fingerprint density at radius 1 is 1.09 bits per heavy atom. The normalized spacial score (nSPS) is 20.6. The van der Waals surface area contributed by atoms with E-state index < -0.39 is 5.92 Å². The second kappa shape index (κ2) is 9.00. The van der Waals surface area contributed by atoms with E-state index >= 15 is 0 Å². The smallest absolute Gasteiger partial charge is 0.162 e. The van der Waals surface area contributed by atoms with Crippen LogP contribution in [0.5, 0.6) is 11.5 Å². The number of hydrazine groups is 1. The summed E-state index contributed by atoms with van der Waals surface area (Å²) >= 11 is 0. The Labute approximate surface area is 194 Å². The van der Waals surface area contributed by atoms with Crippen molar-refractivity contribution in [1.29, 1.82) is 5.26 Å². The Kier molecular flexibility index (Phi) is 6.12. The molecule has 0 radical (unpaired) electrons. The summed E-state index contributed by atoms with van der Waals surface area (Å²) in [6.07, 6.45) is 1.01. The number of rotatable bonds is 5. The first-order valence-electron chi connectivity index (χ1n) is 10.8. The highest BCUT2D eigenvalue weighted by Gasteiger charge is 2.44. The van der Waals surface area contributed by atoms with E-state index in [4.69, 9.17) is 15.2 Å². The van der Waals surface area contributed by atoms with Gasteiger partial charge in [0, 0.05) is 43.4 Å². The molecule has 170 valence electrons. The van der Waals surface area contributed by atoms with Gasteiger partial charge >= 0.3 is 0 Å². The number of nitriles is 1. The zero-order chi connectivity index (χ0) is 23.7. The lowest BCUT2D eigenvalue weighted by molar-refractivity contribution is -0.117.